The first-order valence-corrected chi connectivity index (χ1v) is 4.73. The van der Waals surface area contributed by atoms with Crippen molar-refractivity contribution in [3.63, 3.8) is 0 Å². The van der Waals surface area contributed by atoms with Crippen molar-refractivity contribution in [3.05, 3.63) is 29.3 Å². The largest absolute Gasteiger partial charge is 0.433 e. The Labute approximate surface area is 98.2 Å². The molecule has 0 spiro atoms. The van der Waals surface area contributed by atoms with Crippen LogP contribution >= 0.6 is 0 Å². The van der Waals surface area contributed by atoms with E-state index in [-0.39, 0.29) is 5.82 Å². The lowest BCUT2D eigenvalue weighted by Crippen LogP contribution is -2.17. The molecule has 0 fully saturated rings. The zero-order valence-corrected chi connectivity index (χ0v) is 9.00. The number of aryl methyl sites for hydroxylation is 1. The SMILES string of the molecule is Cc1cc(NC(=O)c2cn[nH]c2C(F)(F)F)no1. The predicted octanol–water partition coefficient (Wildman–Crippen LogP) is 1.98. The molecular weight excluding hydrogens is 253 g/mol. The topological polar surface area (TPSA) is 83.8 Å². The van der Waals surface area contributed by atoms with Crippen molar-refractivity contribution < 1.29 is 22.5 Å². The van der Waals surface area contributed by atoms with Gasteiger partial charge in [-0.05, 0) is 6.92 Å². The van der Waals surface area contributed by atoms with E-state index in [4.69, 9.17) is 0 Å². The molecule has 2 N–H and O–H groups in total. The smallest absolute Gasteiger partial charge is 0.360 e. The van der Waals surface area contributed by atoms with Crippen molar-refractivity contribution in [2.75, 3.05) is 5.32 Å². The number of carbonyl (C=O) groups is 1. The van der Waals surface area contributed by atoms with Crippen LogP contribution in [0.3, 0.4) is 0 Å². The Bertz CT molecular complexity index is 572. The van der Waals surface area contributed by atoms with Gasteiger partial charge < -0.3 is 9.84 Å². The molecule has 1 amide bonds. The molecule has 2 aromatic rings. The molecule has 0 unspecified atom stereocenters. The van der Waals surface area contributed by atoms with Crippen LogP contribution in [0.4, 0.5) is 19.0 Å². The molecule has 18 heavy (non-hydrogen) atoms. The van der Waals surface area contributed by atoms with Crippen molar-refractivity contribution in [3.8, 4) is 0 Å². The first-order chi connectivity index (χ1) is 8.38. The number of aromatic nitrogens is 3. The molecular formula is C9H7F3N4O2. The van der Waals surface area contributed by atoms with E-state index in [2.05, 4.69) is 20.1 Å². The summed E-state index contributed by atoms with van der Waals surface area (Å²) in [6.45, 7) is 1.58. The highest BCUT2D eigenvalue weighted by molar-refractivity contribution is 6.04. The molecule has 0 saturated carbocycles. The number of amides is 1. The first kappa shape index (κ1) is 12.1. The molecule has 6 nitrogen and oxygen atoms in total. The van der Waals surface area contributed by atoms with Crippen molar-refractivity contribution >= 4 is 11.7 Å². The average Bonchev–Trinajstić information content (AvgIpc) is 2.85. The summed E-state index contributed by atoms with van der Waals surface area (Å²) in [5.74, 6) is -0.510. The van der Waals surface area contributed by atoms with Crippen molar-refractivity contribution in [1.29, 1.82) is 0 Å². The van der Waals surface area contributed by atoms with Crippen LogP contribution in [-0.2, 0) is 6.18 Å². The minimum atomic E-state index is -4.68. The van der Waals surface area contributed by atoms with Gasteiger partial charge in [-0.15, -0.1) is 0 Å². The number of carbonyl (C=O) groups excluding carboxylic acids is 1. The maximum absolute atomic E-state index is 12.5. The van der Waals surface area contributed by atoms with Gasteiger partial charge in [-0.3, -0.25) is 9.89 Å². The third-order valence-corrected chi connectivity index (χ3v) is 2.04. The summed E-state index contributed by atoms with van der Waals surface area (Å²) in [4.78, 5) is 11.6. The monoisotopic (exact) mass is 260 g/mol. The molecule has 2 heterocycles. The van der Waals surface area contributed by atoms with Gasteiger partial charge >= 0.3 is 6.18 Å². The molecule has 0 aliphatic heterocycles. The quantitative estimate of drug-likeness (QED) is 0.864. The van der Waals surface area contributed by atoms with Gasteiger partial charge in [0.15, 0.2) is 11.5 Å². The summed E-state index contributed by atoms with van der Waals surface area (Å²) in [6.07, 6.45) is -3.88. The summed E-state index contributed by atoms with van der Waals surface area (Å²) in [5.41, 5.74) is -1.82. The van der Waals surface area contributed by atoms with Gasteiger partial charge in [0.05, 0.1) is 11.8 Å². The summed E-state index contributed by atoms with van der Waals surface area (Å²) < 4.78 is 42.2. The fraction of sp³-hybridized carbons (Fsp3) is 0.222. The second-order valence-corrected chi connectivity index (χ2v) is 3.43. The molecule has 2 aromatic heterocycles. The van der Waals surface area contributed by atoms with E-state index in [9.17, 15) is 18.0 Å². The second kappa shape index (κ2) is 4.17. The fourth-order valence-electron chi connectivity index (χ4n) is 1.28. The van der Waals surface area contributed by atoms with E-state index in [1.807, 2.05) is 0 Å². The summed E-state index contributed by atoms with van der Waals surface area (Å²) >= 11 is 0. The fourth-order valence-corrected chi connectivity index (χ4v) is 1.28. The van der Waals surface area contributed by atoms with Crippen LogP contribution < -0.4 is 5.32 Å². The van der Waals surface area contributed by atoms with Crippen LogP contribution in [0.5, 0.6) is 0 Å². The van der Waals surface area contributed by atoms with Gasteiger partial charge in [0.25, 0.3) is 5.91 Å². The lowest BCUT2D eigenvalue weighted by molar-refractivity contribution is -0.141. The molecule has 0 aliphatic rings. The lowest BCUT2D eigenvalue weighted by atomic mass is 10.2. The highest BCUT2D eigenvalue weighted by Gasteiger charge is 2.37. The van der Waals surface area contributed by atoms with Crippen LogP contribution in [0.1, 0.15) is 21.8 Å². The van der Waals surface area contributed by atoms with E-state index < -0.39 is 23.3 Å². The van der Waals surface area contributed by atoms with E-state index in [1.165, 1.54) is 6.07 Å². The van der Waals surface area contributed by atoms with Gasteiger partial charge in [0.2, 0.25) is 0 Å². The van der Waals surface area contributed by atoms with Gasteiger partial charge in [-0.2, -0.15) is 18.3 Å². The number of hydrogen-bond donors (Lipinski definition) is 2. The van der Waals surface area contributed by atoms with Crippen molar-refractivity contribution in [1.82, 2.24) is 15.4 Å². The van der Waals surface area contributed by atoms with E-state index in [0.29, 0.717) is 5.76 Å². The minimum Gasteiger partial charge on any atom is -0.360 e. The number of halogens is 3. The second-order valence-electron chi connectivity index (χ2n) is 3.43. The Morgan fingerprint density at radius 3 is 2.78 bits per heavy atom. The molecule has 9 heteroatoms. The summed E-state index contributed by atoms with van der Waals surface area (Å²) in [6, 6.07) is 1.38. The number of H-pyrrole nitrogens is 1. The van der Waals surface area contributed by atoms with Crippen molar-refractivity contribution in [2.45, 2.75) is 13.1 Å². The standard InChI is InChI=1S/C9H7F3N4O2/c1-4-2-6(16-18-4)14-8(17)5-3-13-15-7(5)9(10,11)12/h2-3H,1H3,(H,13,15)(H,14,16,17). The molecule has 2 rings (SSSR count). The van der Waals surface area contributed by atoms with Crippen LogP contribution in [0, 0.1) is 6.92 Å². The van der Waals surface area contributed by atoms with Crippen LogP contribution in [0.25, 0.3) is 0 Å². The molecule has 0 saturated heterocycles. The molecule has 0 bridgehead atoms. The number of aromatic amines is 1. The van der Waals surface area contributed by atoms with Gasteiger partial charge in [0, 0.05) is 6.07 Å². The predicted molar refractivity (Wildman–Crippen MR) is 52.8 cm³/mol. The highest BCUT2D eigenvalue weighted by Crippen LogP contribution is 2.30. The Morgan fingerprint density at radius 2 is 2.22 bits per heavy atom. The van der Waals surface area contributed by atoms with Gasteiger partial charge in [-0.25, -0.2) is 0 Å². The first-order valence-electron chi connectivity index (χ1n) is 4.73. The van der Waals surface area contributed by atoms with Gasteiger partial charge in [0.1, 0.15) is 5.76 Å². The minimum absolute atomic E-state index is 0.0341. The number of nitrogens with zero attached hydrogens (tertiary/aromatic N) is 2. The average molecular weight is 260 g/mol. The lowest BCUT2D eigenvalue weighted by Gasteiger charge is -2.05. The summed E-state index contributed by atoms with van der Waals surface area (Å²) in [5, 5.41) is 10.6. The molecule has 0 aromatic carbocycles. The zero-order chi connectivity index (χ0) is 13.3. The Morgan fingerprint density at radius 1 is 1.50 bits per heavy atom. The molecule has 0 aliphatic carbocycles. The zero-order valence-electron chi connectivity index (χ0n) is 9.00. The van der Waals surface area contributed by atoms with Crippen molar-refractivity contribution in [2.24, 2.45) is 0 Å². The number of alkyl halides is 3. The van der Waals surface area contributed by atoms with E-state index >= 15 is 0 Å². The van der Waals surface area contributed by atoms with Gasteiger partial charge in [-0.1, -0.05) is 5.16 Å². The molecule has 96 valence electrons. The third-order valence-electron chi connectivity index (χ3n) is 2.04. The number of anilines is 1. The number of nitrogens with one attached hydrogen (secondary N) is 2. The highest BCUT2D eigenvalue weighted by atomic mass is 19.4. The molecule has 0 atom stereocenters. The van der Waals surface area contributed by atoms with E-state index in [0.717, 1.165) is 6.20 Å². The summed E-state index contributed by atoms with van der Waals surface area (Å²) in [7, 11) is 0. The maximum Gasteiger partial charge on any atom is 0.433 e. The Kier molecular flexibility index (Phi) is 2.81. The number of hydrogen-bond acceptors (Lipinski definition) is 4. The van der Waals surface area contributed by atoms with Crippen LogP contribution in [0.15, 0.2) is 16.8 Å². The third kappa shape index (κ3) is 2.34. The van der Waals surface area contributed by atoms with Crippen LogP contribution in [-0.4, -0.2) is 21.3 Å². The van der Waals surface area contributed by atoms with E-state index in [1.54, 1.807) is 12.0 Å². The van der Waals surface area contributed by atoms with Crippen LogP contribution in [0.2, 0.25) is 0 Å². The molecule has 0 radical (unpaired) electrons. The normalized spacial score (nSPS) is 11.6. The maximum atomic E-state index is 12.5. The number of rotatable bonds is 2. The Balaban J connectivity index is 2.22. The Hall–Kier alpha value is -2.32.